The molecule has 3 aromatic heterocycles. The smallest absolute Gasteiger partial charge is 0.380 e. The van der Waals surface area contributed by atoms with Gasteiger partial charge < -0.3 is 20.1 Å². The van der Waals surface area contributed by atoms with Crippen LogP contribution in [0.25, 0.3) is 22.4 Å². The van der Waals surface area contributed by atoms with Crippen molar-refractivity contribution < 1.29 is 27.8 Å². The number of likely N-dealkylation sites (tertiary alicyclic amines) is 1. The van der Waals surface area contributed by atoms with E-state index in [9.17, 15) is 23.1 Å². The zero-order valence-corrected chi connectivity index (χ0v) is 25.7. The third-order valence-corrected chi connectivity index (χ3v) is 9.65. The third-order valence-electron chi connectivity index (χ3n) is 7.95. The Bertz CT molecular complexity index is 1450. The molecule has 2 N–H and O–H groups in total. The lowest BCUT2D eigenvalue weighted by Crippen LogP contribution is -2.60. The molecular weight excluding hydrogens is 569 g/mol. The number of nitrogens with zero attached hydrogens (tertiary/aromatic N) is 7. The van der Waals surface area contributed by atoms with E-state index in [0.717, 1.165) is 11.6 Å². The van der Waals surface area contributed by atoms with Crippen LogP contribution >= 0.6 is 0 Å². The number of carbonyl (C=O) groups is 1. The summed E-state index contributed by atoms with van der Waals surface area (Å²) in [4.78, 5) is 19.5. The average Bonchev–Trinajstić information content (AvgIpc) is 3.33. The summed E-state index contributed by atoms with van der Waals surface area (Å²) in [6.45, 7) is 12.1. The van der Waals surface area contributed by atoms with E-state index in [1.165, 1.54) is 4.90 Å². The Balaban J connectivity index is 1.41. The minimum atomic E-state index is -4.75. The van der Waals surface area contributed by atoms with Crippen molar-refractivity contribution >= 4 is 30.8 Å². The second kappa shape index (κ2) is 10.9. The van der Waals surface area contributed by atoms with Crippen molar-refractivity contribution in [1.29, 1.82) is 0 Å². The van der Waals surface area contributed by atoms with Gasteiger partial charge in [-0.2, -0.15) is 18.3 Å². The maximum atomic E-state index is 13.6. The monoisotopic (exact) mass is 608 g/mol. The summed E-state index contributed by atoms with van der Waals surface area (Å²) in [7, 11) is -1.29. The van der Waals surface area contributed by atoms with Crippen LogP contribution in [-0.4, -0.2) is 84.3 Å². The molecule has 15 heteroatoms. The molecule has 1 saturated heterocycles. The van der Waals surface area contributed by atoms with Gasteiger partial charge in [-0.1, -0.05) is 38.7 Å². The molecular formula is C27H39F3N8O3Si. The summed E-state index contributed by atoms with van der Waals surface area (Å²) < 4.78 is 50.0. The van der Waals surface area contributed by atoms with E-state index in [-0.39, 0.29) is 13.3 Å². The number of carbonyl (C=O) groups excluding carboxylic acids is 1. The van der Waals surface area contributed by atoms with Crippen LogP contribution in [0.4, 0.5) is 23.7 Å². The van der Waals surface area contributed by atoms with Crippen LogP contribution in [0.1, 0.15) is 39.5 Å². The molecule has 1 unspecified atom stereocenters. The molecule has 5 rings (SSSR count). The van der Waals surface area contributed by atoms with Gasteiger partial charge in [0.05, 0.1) is 29.3 Å². The van der Waals surface area contributed by atoms with Crippen molar-refractivity contribution in [3.05, 3.63) is 18.5 Å². The average molecular weight is 609 g/mol. The SMILES string of the molecule is CC(C)Cn1nnc2cnc(-c3nn(COCC[Si](C)(C)C)cc3NC(=O)N3CCC(O)(C(F)(F)F)CC34CC4)cc21. The Morgan fingerprint density at radius 1 is 1.24 bits per heavy atom. The summed E-state index contributed by atoms with van der Waals surface area (Å²) in [5.74, 6) is 0.336. The molecule has 1 aliphatic heterocycles. The van der Waals surface area contributed by atoms with Gasteiger partial charge in [0.25, 0.3) is 0 Å². The minimum Gasteiger partial charge on any atom is -0.380 e. The van der Waals surface area contributed by atoms with Crippen LogP contribution in [0.2, 0.25) is 25.7 Å². The van der Waals surface area contributed by atoms with E-state index in [2.05, 4.69) is 59.2 Å². The van der Waals surface area contributed by atoms with E-state index < -0.39 is 44.3 Å². The Labute approximate surface area is 243 Å². The number of aliphatic hydroxyl groups is 1. The van der Waals surface area contributed by atoms with Gasteiger partial charge in [0.2, 0.25) is 0 Å². The number of urea groups is 1. The van der Waals surface area contributed by atoms with Crippen LogP contribution in [0, 0.1) is 5.92 Å². The topological polar surface area (TPSA) is 123 Å². The van der Waals surface area contributed by atoms with E-state index in [4.69, 9.17) is 4.74 Å². The first-order valence-electron chi connectivity index (χ1n) is 14.3. The second-order valence-corrected chi connectivity index (χ2v) is 18.9. The number of hydrogen-bond acceptors (Lipinski definition) is 7. The fourth-order valence-corrected chi connectivity index (χ4v) is 6.14. The second-order valence-electron chi connectivity index (χ2n) is 13.3. The highest BCUT2D eigenvalue weighted by atomic mass is 28.3. The Kier molecular flexibility index (Phi) is 7.90. The standard InChI is InChI=1S/C27H39F3N8O3Si/c1-18(2)14-38-22-12-19(31-13-20(22)33-35-38)23-21(15-36(34-23)17-41-10-11-42(3,4)5)32-24(39)37-9-8-26(40,27(28,29)30)16-25(37)6-7-25/h12-13,15,18,40H,6-11,14,16-17H2,1-5H3,(H,32,39). The molecule has 230 valence electrons. The summed E-state index contributed by atoms with van der Waals surface area (Å²) in [5.41, 5.74) is -1.19. The lowest BCUT2D eigenvalue weighted by molar-refractivity contribution is -0.277. The number of ether oxygens (including phenoxy) is 1. The lowest BCUT2D eigenvalue weighted by atomic mass is 9.84. The number of halogens is 3. The molecule has 1 aliphatic carbocycles. The molecule has 0 radical (unpaired) electrons. The number of hydrogen-bond donors (Lipinski definition) is 2. The summed E-state index contributed by atoms with van der Waals surface area (Å²) in [5, 5.41) is 26.3. The normalized spacial score (nSPS) is 20.6. The Hall–Kier alpha value is -3.04. The number of fused-ring (bicyclic) bond motifs is 1. The van der Waals surface area contributed by atoms with Gasteiger partial charge in [-0.15, -0.1) is 5.10 Å². The zero-order chi connectivity index (χ0) is 30.5. The maximum absolute atomic E-state index is 13.6. The molecule has 0 aromatic carbocycles. The van der Waals surface area contributed by atoms with Crippen molar-refractivity contribution in [2.45, 2.75) is 95.8 Å². The first-order chi connectivity index (χ1) is 19.6. The highest BCUT2D eigenvalue weighted by molar-refractivity contribution is 6.76. The maximum Gasteiger partial charge on any atom is 0.417 e. The highest BCUT2D eigenvalue weighted by Crippen LogP contribution is 2.55. The van der Waals surface area contributed by atoms with E-state index in [1.54, 1.807) is 21.8 Å². The number of anilines is 1. The number of pyridine rings is 1. The molecule has 2 aliphatic rings. The fourth-order valence-electron chi connectivity index (χ4n) is 5.38. The van der Waals surface area contributed by atoms with Gasteiger partial charge in [0.15, 0.2) is 5.60 Å². The summed E-state index contributed by atoms with van der Waals surface area (Å²) >= 11 is 0. The van der Waals surface area contributed by atoms with Crippen molar-refractivity contribution in [2.75, 3.05) is 18.5 Å². The summed E-state index contributed by atoms with van der Waals surface area (Å²) in [6.07, 6.45) is -1.80. The van der Waals surface area contributed by atoms with E-state index >= 15 is 0 Å². The molecule has 2 amide bonds. The number of piperidine rings is 1. The van der Waals surface area contributed by atoms with E-state index in [0.29, 0.717) is 54.5 Å². The Morgan fingerprint density at radius 2 is 1.98 bits per heavy atom. The number of rotatable bonds is 9. The molecule has 1 saturated carbocycles. The van der Waals surface area contributed by atoms with Gasteiger partial charge >= 0.3 is 12.2 Å². The van der Waals surface area contributed by atoms with Gasteiger partial charge in [0.1, 0.15) is 17.9 Å². The fraction of sp³-hybridized carbons (Fsp3) is 0.667. The quantitative estimate of drug-likeness (QED) is 0.256. The van der Waals surface area contributed by atoms with Crippen LogP contribution in [0.15, 0.2) is 18.5 Å². The van der Waals surface area contributed by atoms with Crippen LogP contribution < -0.4 is 5.32 Å². The van der Waals surface area contributed by atoms with Crippen LogP contribution in [0.3, 0.4) is 0 Å². The van der Waals surface area contributed by atoms with Crippen molar-refractivity contribution in [1.82, 2.24) is 34.7 Å². The first kappa shape index (κ1) is 30.4. The largest absolute Gasteiger partial charge is 0.417 e. The molecule has 11 nitrogen and oxygen atoms in total. The molecule has 4 heterocycles. The number of nitrogens with one attached hydrogen (secondary N) is 1. The van der Waals surface area contributed by atoms with Gasteiger partial charge in [-0.05, 0) is 30.9 Å². The van der Waals surface area contributed by atoms with Crippen molar-refractivity contribution in [3.8, 4) is 11.4 Å². The molecule has 3 aromatic rings. The van der Waals surface area contributed by atoms with Crippen LogP contribution in [0.5, 0.6) is 0 Å². The summed E-state index contributed by atoms with van der Waals surface area (Å²) in [6, 6.07) is 2.26. The predicted octanol–water partition coefficient (Wildman–Crippen LogP) is 5.11. The third kappa shape index (κ3) is 6.32. The molecule has 2 fully saturated rings. The number of amides is 2. The molecule has 0 bridgehead atoms. The Morgan fingerprint density at radius 3 is 2.62 bits per heavy atom. The van der Waals surface area contributed by atoms with Gasteiger partial charge in [-0.3, -0.25) is 4.98 Å². The molecule has 1 spiro atoms. The van der Waals surface area contributed by atoms with Crippen molar-refractivity contribution in [2.24, 2.45) is 5.92 Å². The van der Waals surface area contributed by atoms with Crippen molar-refractivity contribution in [3.63, 3.8) is 0 Å². The number of alkyl halides is 3. The first-order valence-corrected chi connectivity index (χ1v) is 18.0. The minimum absolute atomic E-state index is 0.161. The highest BCUT2D eigenvalue weighted by Gasteiger charge is 2.65. The van der Waals surface area contributed by atoms with Gasteiger partial charge in [-0.25, -0.2) is 14.2 Å². The predicted molar refractivity (Wildman–Crippen MR) is 153 cm³/mol. The molecule has 42 heavy (non-hydrogen) atoms. The number of aromatic nitrogens is 6. The zero-order valence-electron chi connectivity index (χ0n) is 24.7. The van der Waals surface area contributed by atoms with Gasteiger partial charge in [0, 0.05) is 46.2 Å². The molecule has 1 atom stereocenters. The lowest BCUT2D eigenvalue weighted by Gasteiger charge is -2.45. The van der Waals surface area contributed by atoms with E-state index in [1.807, 2.05) is 6.07 Å². The van der Waals surface area contributed by atoms with Crippen LogP contribution in [-0.2, 0) is 18.0 Å².